The third kappa shape index (κ3) is 3.45. The Morgan fingerprint density at radius 1 is 1.40 bits per heavy atom. The van der Waals surface area contributed by atoms with E-state index in [1.54, 1.807) is 12.1 Å². The quantitative estimate of drug-likeness (QED) is 0.908. The molecule has 0 saturated heterocycles. The van der Waals surface area contributed by atoms with E-state index in [0.717, 1.165) is 5.69 Å². The first kappa shape index (κ1) is 14.3. The summed E-state index contributed by atoms with van der Waals surface area (Å²) in [7, 11) is 0. The molecule has 1 amide bonds. The largest absolute Gasteiger partial charge is 0.369 e. The number of carbonyl (C=O) groups excluding carboxylic acids is 1. The Morgan fingerprint density at radius 3 is 2.85 bits per heavy atom. The lowest BCUT2D eigenvalue weighted by molar-refractivity contribution is 0.102. The molecule has 0 aliphatic carbocycles. The van der Waals surface area contributed by atoms with Crippen LogP contribution < -0.4 is 10.6 Å². The van der Waals surface area contributed by atoms with E-state index in [0.29, 0.717) is 28.8 Å². The van der Waals surface area contributed by atoms with Crippen molar-refractivity contribution in [1.29, 1.82) is 0 Å². The SMILES string of the molecule is CCNc1ncc(C(=O)Nc2cccc(C)n2)cc1Cl. The third-order valence-corrected chi connectivity index (χ3v) is 2.87. The summed E-state index contributed by atoms with van der Waals surface area (Å²) in [4.78, 5) is 20.4. The van der Waals surface area contributed by atoms with Crippen LogP contribution in [0.5, 0.6) is 0 Å². The number of carbonyl (C=O) groups is 1. The van der Waals surface area contributed by atoms with Crippen molar-refractivity contribution in [3.05, 3.63) is 46.7 Å². The summed E-state index contributed by atoms with van der Waals surface area (Å²) >= 11 is 6.06. The molecule has 0 saturated carbocycles. The summed E-state index contributed by atoms with van der Waals surface area (Å²) < 4.78 is 0. The highest BCUT2D eigenvalue weighted by Gasteiger charge is 2.10. The zero-order valence-corrected chi connectivity index (χ0v) is 12.0. The molecule has 2 aromatic rings. The minimum Gasteiger partial charge on any atom is -0.369 e. The molecule has 5 nitrogen and oxygen atoms in total. The van der Waals surface area contributed by atoms with Gasteiger partial charge in [0.05, 0.1) is 10.6 Å². The maximum atomic E-state index is 12.1. The van der Waals surface area contributed by atoms with Gasteiger partial charge in [0.2, 0.25) is 0 Å². The number of hydrogen-bond donors (Lipinski definition) is 2. The van der Waals surface area contributed by atoms with E-state index in [2.05, 4.69) is 20.6 Å². The van der Waals surface area contributed by atoms with Crippen LogP contribution in [0.4, 0.5) is 11.6 Å². The molecule has 0 aromatic carbocycles. The van der Waals surface area contributed by atoms with Crippen LogP contribution >= 0.6 is 11.6 Å². The van der Waals surface area contributed by atoms with Crippen LogP contribution in [0.15, 0.2) is 30.5 Å². The zero-order chi connectivity index (χ0) is 14.5. The molecule has 2 rings (SSSR count). The summed E-state index contributed by atoms with van der Waals surface area (Å²) in [5.74, 6) is 0.779. The first-order valence-corrected chi connectivity index (χ1v) is 6.62. The maximum Gasteiger partial charge on any atom is 0.258 e. The molecule has 0 bridgehead atoms. The zero-order valence-electron chi connectivity index (χ0n) is 11.3. The van der Waals surface area contributed by atoms with Crippen LogP contribution in [-0.2, 0) is 0 Å². The van der Waals surface area contributed by atoms with Gasteiger partial charge in [-0.2, -0.15) is 0 Å². The Labute approximate surface area is 122 Å². The van der Waals surface area contributed by atoms with E-state index >= 15 is 0 Å². The Bertz CT molecular complexity index is 630. The number of aryl methyl sites for hydroxylation is 1. The molecule has 0 fully saturated rings. The number of amides is 1. The monoisotopic (exact) mass is 290 g/mol. The van der Waals surface area contributed by atoms with Crippen molar-refractivity contribution in [1.82, 2.24) is 9.97 Å². The van der Waals surface area contributed by atoms with Gasteiger partial charge in [0.1, 0.15) is 11.6 Å². The van der Waals surface area contributed by atoms with Crippen molar-refractivity contribution in [2.24, 2.45) is 0 Å². The van der Waals surface area contributed by atoms with E-state index in [1.165, 1.54) is 6.20 Å². The molecule has 0 radical (unpaired) electrons. The van der Waals surface area contributed by atoms with Crippen molar-refractivity contribution in [2.45, 2.75) is 13.8 Å². The number of aromatic nitrogens is 2. The van der Waals surface area contributed by atoms with Crippen LogP contribution in [0.1, 0.15) is 23.0 Å². The molecule has 104 valence electrons. The average molecular weight is 291 g/mol. The summed E-state index contributed by atoms with van der Waals surface area (Å²) in [5.41, 5.74) is 1.22. The first-order chi connectivity index (χ1) is 9.60. The summed E-state index contributed by atoms with van der Waals surface area (Å²) in [5, 5.41) is 6.13. The van der Waals surface area contributed by atoms with Gasteiger partial charge in [0.25, 0.3) is 5.91 Å². The predicted octanol–water partition coefficient (Wildman–Crippen LogP) is 3.12. The van der Waals surface area contributed by atoms with Crippen molar-refractivity contribution in [2.75, 3.05) is 17.2 Å². The molecule has 0 unspecified atom stereocenters. The number of nitrogens with one attached hydrogen (secondary N) is 2. The molecule has 20 heavy (non-hydrogen) atoms. The Balaban J connectivity index is 2.15. The molecule has 2 N–H and O–H groups in total. The maximum absolute atomic E-state index is 12.1. The molecular weight excluding hydrogens is 276 g/mol. The summed E-state index contributed by atoms with van der Waals surface area (Å²) in [6.07, 6.45) is 1.48. The molecular formula is C14H15ClN4O. The topological polar surface area (TPSA) is 66.9 Å². The van der Waals surface area contributed by atoms with Gasteiger partial charge in [-0.05, 0) is 32.0 Å². The van der Waals surface area contributed by atoms with Gasteiger partial charge in [-0.25, -0.2) is 9.97 Å². The molecule has 0 aliphatic heterocycles. The fourth-order valence-corrected chi connectivity index (χ4v) is 1.89. The van der Waals surface area contributed by atoms with Gasteiger partial charge in [-0.1, -0.05) is 17.7 Å². The Hall–Kier alpha value is -2.14. The fraction of sp³-hybridized carbons (Fsp3) is 0.214. The fourth-order valence-electron chi connectivity index (χ4n) is 1.66. The van der Waals surface area contributed by atoms with Crippen LogP contribution in [0.25, 0.3) is 0 Å². The van der Waals surface area contributed by atoms with Gasteiger partial charge in [0.15, 0.2) is 0 Å². The van der Waals surface area contributed by atoms with Crippen molar-refractivity contribution >= 4 is 29.1 Å². The van der Waals surface area contributed by atoms with E-state index in [4.69, 9.17) is 11.6 Å². The number of halogens is 1. The van der Waals surface area contributed by atoms with Crippen LogP contribution in [0, 0.1) is 6.92 Å². The Kier molecular flexibility index (Phi) is 4.53. The van der Waals surface area contributed by atoms with Gasteiger partial charge in [0, 0.05) is 18.4 Å². The van der Waals surface area contributed by atoms with Crippen molar-refractivity contribution in [3.8, 4) is 0 Å². The molecule has 2 aromatic heterocycles. The normalized spacial score (nSPS) is 10.2. The smallest absolute Gasteiger partial charge is 0.258 e. The number of nitrogens with zero attached hydrogens (tertiary/aromatic N) is 2. The lowest BCUT2D eigenvalue weighted by Crippen LogP contribution is -2.14. The van der Waals surface area contributed by atoms with Crippen molar-refractivity contribution < 1.29 is 4.79 Å². The lowest BCUT2D eigenvalue weighted by Gasteiger charge is -2.08. The van der Waals surface area contributed by atoms with Crippen LogP contribution in [0.3, 0.4) is 0 Å². The van der Waals surface area contributed by atoms with Gasteiger partial charge in [-0.15, -0.1) is 0 Å². The second-order valence-corrected chi connectivity index (χ2v) is 4.61. The predicted molar refractivity (Wildman–Crippen MR) is 80.3 cm³/mol. The number of pyridine rings is 2. The minimum atomic E-state index is -0.291. The highest BCUT2D eigenvalue weighted by atomic mass is 35.5. The highest BCUT2D eigenvalue weighted by molar-refractivity contribution is 6.33. The number of rotatable bonds is 4. The minimum absolute atomic E-state index is 0.291. The second kappa shape index (κ2) is 6.34. The summed E-state index contributed by atoms with van der Waals surface area (Å²) in [6, 6.07) is 7.00. The number of anilines is 2. The van der Waals surface area contributed by atoms with Crippen LogP contribution in [-0.4, -0.2) is 22.4 Å². The standard InChI is InChI=1S/C14H15ClN4O/c1-3-16-13-11(15)7-10(8-17-13)14(20)19-12-6-4-5-9(2)18-12/h4-8H,3H2,1-2H3,(H,16,17)(H,18,19,20). The highest BCUT2D eigenvalue weighted by Crippen LogP contribution is 2.20. The van der Waals surface area contributed by atoms with E-state index in [1.807, 2.05) is 26.0 Å². The van der Waals surface area contributed by atoms with Gasteiger partial charge < -0.3 is 10.6 Å². The van der Waals surface area contributed by atoms with E-state index in [-0.39, 0.29) is 5.91 Å². The second-order valence-electron chi connectivity index (χ2n) is 4.20. The average Bonchev–Trinajstić information content (AvgIpc) is 2.41. The molecule has 0 spiro atoms. The van der Waals surface area contributed by atoms with Crippen molar-refractivity contribution in [3.63, 3.8) is 0 Å². The molecule has 2 heterocycles. The van der Waals surface area contributed by atoms with Gasteiger partial charge >= 0.3 is 0 Å². The van der Waals surface area contributed by atoms with E-state index in [9.17, 15) is 4.79 Å². The number of hydrogen-bond acceptors (Lipinski definition) is 4. The Morgan fingerprint density at radius 2 is 2.20 bits per heavy atom. The molecule has 6 heteroatoms. The lowest BCUT2D eigenvalue weighted by atomic mass is 10.2. The third-order valence-electron chi connectivity index (χ3n) is 2.58. The van der Waals surface area contributed by atoms with E-state index < -0.39 is 0 Å². The van der Waals surface area contributed by atoms with Gasteiger partial charge in [-0.3, -0.25) is 4.79 Å². The summed E-state index contributed by atoms with van der Waals surface area (Å²) in [6.45, 7) is 4.52. The molecule has 0 atom stereocenters. The molecule has 0 aliphatic rings. The first-order valence-electron chi connectivity index (χ1n) is 6.24. The van der Waals surface area contributed by atoms with Crippen LogP contribution in [0.2, 0.25) is 5.02 Å².